The Morgan fingerprint density at radius 3 is 2.29 bits per heavy atom. The van der Waals surface area contributed by atoms with Crippen molar-refractivity contribution in [3.05, 3.63) is 0 Å². The van der Waals surface area contributed by atoms with Crippen LogP contribution < -0.4 is 0 Å². The highest BCUT2D eigenvalue weighted by molar-refractivity contribution is 5.69. The lowest BCUT2D eigenvalue weighted by atomic mass is 9.43. The van der Waals surface area contributed by atoms with Crippen LogP contribution in [0.15, 0.2) is 0 Å². The number of methoxy groups -OCH3 is 1. The van der Waals surface area contributed by atoms with Crippen LogP contribution in [0.25, 0.3) is 0 Å². The number of ether oxygens (including phenoxy) is 3. The van der Waals surface area contributed by atoms with Gasteiger partial charge >= 0.3 is 17.9 Å². The molecule has 0 radical (unpaired) electrons. The maximum Gasteiger partial charge on any atom is 0.305 e. The molecule has 0 N–H and O–H groups in total. The minimum Gasteiger partial charge on any atom is -0.469 e. The van der Waals surface area contributed by atoms with Gasteiger partial charge in [0, 0.05) is 25.7 Å². The van der Waals surface area contributed by atoms with E-state index in [2.05, 4.69) is 20.8 Å². The van der Waals surface area contributed by atoms with Gasteiger partial charge in [-0.1, -0.05) is 20.8 Å². The van der Waals surface area contributed by atoms with Crippen molar-refractivity contribution in [2.24, 2.45) is 46.3 Å². The van der Waals surface area contributed by atoms with E-state index in [0.717, 1.165) is 38.5 Å². The zero-order valence-electron chi connectivity index (χ0n) is 22.6. The number of carbonyl (C=O) groups is 3. The molecule has 0 heterocycles. The first-order valence-corrected chi connectivity index (χ1v) is 13.9. The number of fused-ring (bicyclic) bond motifs is 5. The minimum atomic E-state index is -0.183. The Bertz CT molecular complexity index is 824. The molecule has 0 amide bonds. The van der Waals surface area contributed by atoms with Crippen LogP contribution in [0.4, 0.5) is 0 Å². The standard InChI is InChI=1S/C29H46O6/c1-17(7-12-27(32)33-6)23-10-11-24-22-9-8-20-15-21(34-18(2)30)13-14-28(20,4)25(22)16-26(29(23,24)5)35-19(3)31/h17,20-26H,7-16H2,1-6H3/t17-,20+,21+,22-,23-,24+,25+,26-,28-,29+/m0/s1. The number of hydrogen-bond donors (Lipinski definition) is 0. The first kappa shape index (κ1) is 26.5. The first-order chi connectivity index (χ1) is 16.5. The largest absolute Gasteiger partial charge is 0.469 e. The van der Waals surface area contributed by atoms with Crippen molar-refractivity contribution in [3.63, 3.8) is 0 Å². The summed E-state index contributed by atoms with van der Waals surface area (Å²) in [5, 5.41) is 0. The topological polar surface area (TPSA) is 78.9 Å². The summed E-state index contributed by atoms with van der Waals surface area (Å²) in [6, 6.07) is 0. The van der Waals surface area contributed by atoms with Crippen LogP contribution >= 0.6 is 0 Å². The van der Waals surface area contributed by atoms with Gasteiger partial charge in [0.15, 0.2) is 0 Å². The van der Waals surface area contributed by atoms with Crippen molar-refractivity contribution in [2.75, 3.05) is 7.11 Å². The molecule has 0 spiro atoms. The van der Waals surface area contributed by atoms with E-state index in [-0.39, 0.29) is 40.9 Å². The second-order valence-corrected chi connectivity index (χ2v) is 12.6. The molecule has 0 aromatic carbocycles. The third-order valence-electron chi connectivity index (χ3n) is 11.1. The van der Waals surface area contributed by atoms with Gasteiger partial charge in [-0.2, -0.15) is 0 Å². The normalized spacial score (nSPS) is 43.2. The highest BCUT2D eigenvalue weighted by atomic mass is 16.5. The van der Waals surface area contributed by atoms with E-state index in [1.165, 1.54) is 33.3 Å². The van der Waals surface area contributed by atoms with Gasteiger partial charge in [-0.3, -0.25) is 14.4 Å². The minimum absolute atomic E-state index is 0.0479. The van der Waals surface area contributed by atoms with E-state index in [1.807, 2.05) is 0 Å². The zero-order chi connectivity index (χ0) is 25.5. The van der Waals surface area contributed by atoms with Crippen LogP contribution in [0.5, 0.6) is 0 Å². The average Bonchev–Trinajstić information content (AvgIpc) is 3.16. The molecular weight excluding hydrogens is 444 g/mol. The monoisotopic (exact) mass is 490 g/mol. The summed E-state index contributed by atoms with van der Waals surface area (Å²) in [6.07, 6.45) is 9.87. The molecule has 4 saturated carbocycles. The Kier molecular flexibility index (Phi) is 7.60. The maximum absolute atomic E-state index is 12.3. The van der Waals surface area contributed by atoms with Gasteiger partial charge in [0.1, 0.15) is 12.2 Å². The molecule has 35 heavy (non-hydrogen) atoms. The van der Waals surface area contributed by atoms with E-state index in [1.54, 1.807) is 6.92 Å². The van der Waals surface area contributed by atoms with Gasteiger partial charge in [-0.25, -0.2) is 0 Å². The number of esters is 3. The summed E-state index contributed by atoms with van der Waals surface area (Å²) in [4.78, 5) is 35.7. The summed E-state index contributed by atoms with van der Waals surface area (Å²) >= 11 is 0. The van der Waals surface area contributed by atoms with Crippen molar-refractivity contribution >= 4 is 17.9 Å². The quantitative estimate of drug-likeness (QED) is 0.351. The molecule has 4 aliphatic rings. The molecule has 4 rings (SSSR count). The molecule has 0 aromatic heterocycles. The lowest BCUT2D eigenvalue weighted by Gasteiger charge is -2.62. The maximum atomic E-state index is 12.3. The van der Waals surface area contributed by atoms with Crippen molar-refractivity contribution in [3.8, 4) is 0 Å². The molecule has 0 unspecified atom stereocenters. The molecule has 4 aliphatic carbocycles. The van der Waals surface area contributed by atoms with Gasteiger partial charge in [0.2, 0.25) is 0 Å². The van der Waals surface area contributed by atoms with Gasteiger partial charge < -0.3 is 14.2 Å². The second-order valence-electron chi connectivity index (χ2n) is 12.6. The Balaban J connectivity index is 1.58. The SMILES string of the molecule is COC(=O)CC[C@H](C)[C@@H]1CC[C@@H]2[C@@H]3CC[C@@H]4C[C@H](OC(C)=O)CC[C@]4(C)[C@@H]3C[C@H](OC(C)=O)[C@@]21C. The molecule has 0 aliphatic heterocycles. The Hall–Kier alpha value is -1.59. The predicted octanol–water partition coefficient (Wildman–Crippen LogP) is 5.71. The van der Waals surface area contributed by atoms with Crippen molar-refractivity contribution in [1.29, 1.82) is 0 Å². The fourth-order valence-electron chi connectivity index (χ4n) is 9.48. The molecule has 0 bridgehead atoms. The van der Waals surface area contributed by atoms with Crippen molar-refractivity contribution in [2.45, 2.75) is 111 Å². The predicted molar refractivity (Wildman–Crippen MR) is 132 cm³/mol. The molecule has 10 atom stereocenters. The van der Waals surface area contributed by atoms with Crippen LogP contribution in [0.1, 0.15) is 98.8 Å². The van der Waals surface area contributed by atoms with Crippen molar-refractivity contribution < 1.29 is 28.6 Å². The molecule has 0 saturated heterocycles. The molecule has 0 aromatic rings. The van der Waals surface area contributed by atoms with Crippen LogP contribution in [0.2, 0.25) is 0 Å². The smallest absolute Gasteiger partial charge is 0.305 e. The van der Waals surface area contributed by atoms with E-state index in [9.17, 15) is 14.4 Å². The van der Waals surface area contributed by atoms with E-state index < -0.39 is 0 Å². The fourth-order valence-corrected chi connectivity index (χ4v) is 9.48. The van der Waals surface area contributed by atoms with E-state index >= 15 is 0 Å². The highest BCUT2D eigenvalue weighted by Crippen LogP contribution is 2.69. The Labute approximate surface area is 211 Å². The van der Waals surface area contributed by atoms with Crippen molar-refractivity contribution in [1.82, 2.24) is 0 Å². The Morgan fingerprint density at radius 2 is 1.63 bits per heavy atom. The average molecular weight is 491 g/mol. The van der Waals surface area contributed by atoms with Gasteiger partial charge in [0.25, 0.3) is 0 Å². The van der Waals surface area contributed by atoms with E-state index in [4.69, 9.17) is 14.2 Å². The first-order valence-electron chi connectivity index (χ1n) is 13.9. The van der Waals surface area contributed by atoms with Gasteiger partial charge in [-0.05, 0) is 98.7 Å². The number of hydrogen-bond acceptors (Lipinski definition) is 6. The summed E-state index contributed by atoms with van der Waals surface area (Å²) in [5.74, 6) is 2.60. The lowest BCUT2D eigenvalue weighted by molar-refractivity contribution is -0.197. The molecule has 6 heteroatoms. The number of carbonyl (C=O) groups excluding carboxylic acids is 3. The summed E-state index contributed by atoms with van der Waals surface area (Å²) in [7, 11) is 1.45. The third kappa shape index (κ3) is 4.75. The molecule has 6 nitrogen and oxygen atoms in total. The summed E-state index contributed by atoms with van der Waals surface area (Å²) < 4.78 is 16.7. The highest BCUT2D eigenvalue weighted by Gasteiger charge is 2.65. The van der Waals surface area contributed by atoms with Crippen LogP contribution in [0.3, 0.4) is 0 Å². The zero-order valence-corrected chi connectivity index (χ0v) is 22.6. The van der Waals surface area contributed by atoms with Crippen LogP contribution in [-0.4, -0.2) is 37.2 Å². The summed E-state index contributed by atoms with van der Waals surface area (Å²) in [6.45, 7) is 10.2. The summed E-state index contributed by atoms with van der Waals surface area (Å²) in [5.41, 5.74) is 0.147. The second kappa shape index (κ2) is 10.0. The van der Waals surface area contributed by atoms with Gasteiger partial charge in [-0.15, -0.1) is 0 Å². The van der Waals surface area contributed by atoms with E-state index in [0.29, 0.717) is 41.9 Å². The van der Waals surface area contributed by atoms with Crippen LogP contribution in [-0.2, 0) is 28.6 Å². The number of rotatable bonds is 6. The Morgan fingerprint density at radius 1 is 0.914 bits per heavy atom. The lowest BCUT2D eigenvalue weighted by Crippen LogP contribution is -2.59. The fraction of sp³-hybridized carbons (Fsp3) is 0.897. The molecular formula is C29H46O6. The molecule has 4 fully saturated rings. The van der Waals surface area contributed by atoms with Crippen LogP contribution in [0, 0.1) is 46.3 Å². The third-order valence-corrected chi connectivity index (χ3v) is 11.1. The van der Waals surface area contributed by atoms with Gasteiger partial charge in [0.05, 0.1) is 7.11 Å². The molecule has 198 valence electrons.